The van der Waals surface area contributed by atoms with Gasteiger partial charge in [-0.2, -0.15) is 8.42 Å². The van der Waals surface area contributed by atoms with Crippen molar-refractivity contribution in [2.75, 3.05) is 0 Å². The van der Waals surface area contributed by atoms with Gasteiger partial charge in [-0.05, 0) is 40.3 Å². The Kier molecular flexibility index (Phi) is 17.9. The average molecular weight is 503 g/mol. The van der Waals surface area contributed by atoms with Crippen LogP contribution in [-0.4, -0.2) is 26.3 Å². The number of hydrogen-bond donors (Lipinski definition) is 1. The Balaban J connectivity index is -0.000000379. The first-order chi connectivity index (χ1) is 7.61. The molecule has 1 rings (SSSR count). The first-order valence-electron chi connectivity index (χ1n) is 3.77. The largest absolute Gasteiger partial charge is 1.00 e. The maximum Gasteiger partial charge on any atom is 1.00 e. The van der Waals surface area contributed by atoms with E-state index in [-0.39, 0.29) is 64.9 Å². The van der Waals surface area contributed by atoms with Gasteiger partial charge in [-0.1, -0.05) is 22.0 Å². The summed E-state index contributed by atoms with van der Waals surface area (Å²) in [7, 11) is -3.93. The topological polar surface area (TPSA) is 118 Å². The van der Waals surface area contributed by atoms with Crippen LogP contribution >= 0.6 is 38.5 Å². The third kappa shape index (κ3) is 16.6. The number of benzene rings is 1. The van der Waals surface area contributed by atoms with Gasteiger partial charge in [0.15, 0.2) is 0 Å². The monoisotopic (exact) mass is 502 g/mol. The van der Waals surface area contributed by atoms with Crippen LogP contribution in [0.2, 0.25) is 0 Å². The second kappa shape index (κ2) is 12.9. The van der Waals surface area contributed by atoms with Gasteiger partial charge in [0.1, 0.15) is 5.75 Å². The van der Waals surface area contributed by atoms with Crippen LogP contribution in [0, 0.1) is 3.57 Å². The summed E-state index contributed by atoms with van der Waals surface area (Å²) in [4.78, 5) is 0. The number of hydrogen-bond acceptors (Lipinski definition) is 5. The maximum atomic E-state index is 10.6. The van der Waals surface area contributed by atoms with Crippen molar-refractivity contribution in [3.05, 3.63) is 31.8 Å². The fourth-order valence-corrected chi connectivity index (χ4v) is 3.23. The second-order valence-electron chi connectivity index (χ2n) is 2.67. The Labute approximate surface area is 180 Å². The predicted molar refractivity (Wildman–Crippen MR) is 71.8 cm³/mol. The van der Waals surface area contributed by atoms with Gasteiger partial charge in [-0.3, -0.25) is 8.76 Å². The van der Waals surface area contributed by atoms with Crippen LogP contribution in [0.15, 0.2) is 22.7 Å². The van der Waals surface area contributed by atoms with Gasteiger partial charge in [0, 0.05) is 8.04 Å². The zero-order valence-electron chi connectivity index (χ0n) is 10.0. The summed E-state index contributed by atoms with van der Waals surface area (Å²) in [6.07, 6.45) is 0. The minimum absolute atomic E-state index is 0. The maximum absolute atomic E-state index is 10.6. The molecule has 0 unspecified atom stereocenters. The van der Waals surface area contributed by atoms with Gasteiger partial charge in [0.25, 0.3) is 10.1 Å². The van der Waals surface area contributed by atoms with Crippen LogP contribution in [0.25, 0.3) is 0 Å². The molecule has 0 bridgehead atoms. The van der Waals surface area contributed by atoms with E-state index in [1.54, 1.807) is 18.2 Å². The summed E-state index contributed by atoms with van der Waals surface area (Å²) in [5.74, 6) is -0.335. The molecule has 0 radical (unpaired) electrons. The van der Waals surface area contributed by atoms with E-state index in [9.17, 15) is 8.42 Å². The molecule has 19 heavy (non-hydrogen) atoms. The molecule has 0 aliphatic heterocycles. The molecule has 0 fully saturated rings. The quantitative estimate of drug-likeness (QED) is 0.188. The van der Waals surface area contributed by atoms with Gasteiger partial charge in [0.05, 0.1) is 0 Å². The van der Waals surface area contributed by atoms with Crippen molar-refractivity contribution in [1.29, 1.82) is 0 Å². The Hall–Kier alpha value is 2.41. The van der Waals surface area contributed by atoms with Crippen molar-refractivity contribution >= 4 is 60.0 Å². The molecule has 0 atom stereocenters. The van der Waals surface area contributed by atoms with Crippen LogP contribution in [0.3, 0.4) is 0 Å². The number of halogens is 2. The molecule has 0 saturated heterocycles. The zero-order valence-corrected chi connectivity index (χ0v) is 19.4. The van der Waals surface area contributed by atoms with E-state index in [2.05, 4.69) is 15.9 Å². The molecule has 1 aromatic carbocycles. The summed E-state index contributed by atoms with van der Waals surface area (Å²) in [5, 5.41) is 0. The molecule has 6 nitrogen and oxygen atoms in total. The Morgan fingerprint density at radius 3 is 2.05 bits per heavy atom. The van der Waals surface area contributed by atoms with E-state index in [0.29, 0.717) is 5.56 Å². The standard InChI is InChI=1S/C7H6BrIO3S.2Na.H2O3S/c8-6-2-1-5(7(9)3-6)4-13(10,11)12;;;1-4(2)3/h1-3H,4H2,(H,10,11,12);;;(H2,1,2,3)/q;2*+1;/p-2. The van der Waals surface area contributed by atoms with E-state index in [1.165, 1.54) is 0 Å². The van der Waals surface area contributed by atoms with E-state index in [1.807, 2.05) is 22.6 Å². The summed E-state index contributed by atoms with van der Waals surface area (Å²) < 4.78 is 56.8. The van der Waals surface area contributed by atoms with Crippen molar-refractivity contribution < 1.29 is 85.4 Å². The number of rotatable bonds is 2. The van der Waals surface area contributed by atoms with Crippen LogP contribution in [-0.2, 0) is 27.2 Å². The molecular weight excluding hydrogens is 497 g/mol. The molecular formula is C7H6BrINa2O6S2. The minimum atomic E-state index is -3.93. The van der Waals surface area contributed by atoms with Crippen LogP contribution in [0.4, 0.5) is 0 Å². The van der Waals surface area contributed by atoms with Gasteiger partial charge < -0.3 is 9.11 Å². The van der Waals surface area contributed by atoms with Crippen LogP contribution in [0.1, 0.15) is 5.56 Å². The van der Waals surface area contributed by atoms with Crippen LogP contribution in [0.5, 0.6) is 0 Å². The molecule has 0 aliphatic carbocycles. The fraction of sp³-hybridized carbons (Fsp3) is 0.143. The van der Waals surface area contributed by atoms with E-state index >= 15 is 0 Å². The van der Waals surface area contributed by atoms with Gasteiger partial charge >= 0.3 is 59.1 Å². The zero-order chi connectivity index (χ0) is 13.6. The summed E-state index contributed by atoms with van der Waals surface area (Å²) in [6, 6.07) is 5.20. The molecule has 0 spiro atoms. The second-order valence-corrected chi connectivity index (χ2v) is 6.60. The summed E-state index contributed by atoms with van der Waals surface area (Å²) in [6.45, 7) is 0. The Morgan fingerprint density at radius 1 is 1.32 bits per heavy atom. The summed E-state index contributed by atoms with van der Waals surface area (Å²) >= 11 is 2.17. The van der Waals surface area contributed by atoms with Crippen molar-refractivity contribution in [3.63, 3.8) is 0 Å². The molecule has 0 aromatic heterocycles. The van der Waals surface area contributed by atoms with Crippen molar-refractivity contribution in [2.24, 2.45) is 0 Å². The third-order valence-electron chi connectivity index (χ3n) is 1.35. The first-order valence-corrected chi connectivity index (χ1v) is 8.26. The molecule has 0 aliphatic rings. The average Bonchev–Trinajstić information content (AvgIpc) is 2.07. The Bertz CT molecular complexity index is 508. The van der Waals surface area contributed by atoms with E-state index in [0.717, 1.165) is 8.04 Å². The predicted octanol–water partition coefficient (Wildman–Crippen LogP) is -4.55. The molecule has 1 N–H and O–H groups in total. The van der Waals surface area contributed by atoms with Crippen LogP contribution < -0.4 is 59.1 Å². The van der Waals surface area contributed by atoms with E-state index < -0.39 is 21.5 Å². The summed E-state index contributed by atoms with van der Waals surface area (Å²) in [5.41, 5.74) is 0.603. The molecule has 98 valence electrons. The SMILES string of the molecule is O=S(=O)(O)Cc1ccc(Br)cc1I.O=S([O-])[O-].[Na+].[Na+]. The van der Waals surface area contributed by atoms with Gasteiger partial charge in [0.2, 0.25) is 0 Å². The third-order valence-corrected chi connectivity index (χ3v) is 3.53. The normalized spacial score (nSPS) is 9.79. The van der Waals surface area contributed by atoms with Crippen molar-refractivity contribution in [3.8, 4) is 0 Å². The molecule has 0 heterocycles. The van der Waals surface area contributed by atoms with Gasteiger partial charge in [-0.15, -0.1) is 11.4 Å². The molecule has 0 saturated carbocycles. The molecule has 1 aromatic rings. The van der Waals surface area contributed by atoms with Crippen molar-refractivity contribution in [2.45, 2.75) is 5.75 Å². The molecule has 12 heteroatoms. The smallest absolute Gasteiger partial charge is 0.784 e. The van der Waals surface area contributed by atoms with Gasteiger partial charge in [-0.25, -0.2) is 0 Å². The molecule has 0 amide bonds. The Morgan fingerprint density at radius 2 is 1.74 bits per heavy atom. The van der Waals surface area contributed by atoms with Crippen molar-refractivity contribution in [1.82, 2.24) is 0 Å². The fourth-order valence-electron chi connectivity index (χ4n) is 0.835. The first kappa shape index (κ1) is 26.3. The van der Waals surface area contributed by atoms with E-state index in [4.69, 9.17) is 17.9 Å². The minimum Gasteiger partial charge on any atom is -0.784 e.